The Hall–Kier alpha value is -3.01. The summed E-state index contributed by atoms with van der Waals surface area (Å²) in [5, 5.41) is 20.2. The second kappa shape index (κ2) is 15.6. The maximum Gasteiger partial charge on any atom is 0.162 e. The summed E-state index contributed by atoms with van der Waals surface area (Å²) in [6, 6.07) is 0. The van der Waals surface area contributed by atoms with Crippen LogP contribution in [-0.2, 0) is 4.79 Å². The Morgan fingerprint density at radius 3 is 1.63 bits per heavy atom. The van der Waals surface area contributed by atoms with Crippen LogP contribution in [0.3, 0.4) is 0 Å². The molecular formula is C40H56O3. The zero-order chi connectivity index (χ0) is 32.4. The van der Waals surface area contributed by atoms with Gasteiger partial charge in [0.15, 0.2) is 5.78 Å². The van der Waals surface area contributed by atoms with E-state index in [1.165, 1.54) is 16.7 Å². The number of rotatable bonds is 11. The van der Waals surface area contributed by atoms with Crippen molar-refractivity contribution < 1.29 is 15.0 Å². The SMILES string of the molecule is CC1=C(\C=C/C(C)=C\C=C/C(C)=C\C=C/C=C(C)\C=C/C=C(C)\C=C/C(=O)[C@]2(C)C[C@@H](O)CC2(C)C)C(C)(C)C[C@H](O)C1. The molecule has 3 atom stereocenters. The van der Waals surface area contributed by atoms with Crippen LogP contribution in [0.4, 0.5) is 0 Å². The number of allylic oxidation sites excluding steroid dienone is 19. The van der Waals surface area contributed by atoms with Gasteiger partial charge in [-0.25, -0.2) is 0 Å². The average molecular weight is 585 g/mol. The van der Waals surface area contributed by atoms with Crippen LogP contribution in [0.25, 0.3) is 0 Å². The maximum atomic E-state index is 12.9. The van der Waals surface area contributed by atoms with Crippen molar-refractivity contribution >= 4 is 5.78 Å². The van der Waals surface area contributed by atoms with Crippen molar-refractivity contribution in [3.05, 3.63) is 119 Å². The first-order valence-corrected chi connectivity index (χ1v) is 15.7. The molecule has 3 nitrogen and oxygen atoms in total. The van der Waals surface area contributed by atoms with E-state index in [0.717, 1.165) is 29.6 Å². The number of aliphatic hydroxyl groups is 2. The molecule has 0 radical (unpaired) electrons. The molecule has 0 unspecified atom stereocenters. The van der Waals surface area contributed by atoms with Crippen LogP contribution >= 0.6 is 0 Å². The molecule has 0 aromatic heterocycles. The van der Waals surface area contributed by atoms with Gasteiger partial charge in [-0.15, -0.1) is 0 Å². The monoisotopic (exact) mass is 584 g/mol. The van der Waals surface area contributed by atoms with Crippen LogP contribution < -0.4 is 0 Å². The van der Waals surface area contributed by atoms with Crippen molar-refractivity contribution in [3.8, 4) is 0 Å². The predicted molar refractivity (Wildman–Crippen MR) is 185 cm³/mol. The number of carbonyl (C=O) groups excluding carboxylic acids is 1. The van der Waals surface area contributed by atoms with Gasteiger partial charge < -0.3 is 10.2 Å². The van der Waals surface area contributed by atoms with Crippen molar-refractivity contribution in [2.45, 2.75) is 107 Å². The molecule has 0 aliphatic heterocycles. The molecule has 2 N–H and O–H groups in total. The third-order valence-electron chi connectivity index (χ3n) is 9.18. The summed E-state index contributed by atoms with van der Waals surface area (Å²) in [7, 11) is 0. The van der Waals surface area contributed by atoms with Gasteiger partial charge in [-0.3, -0.25) is 4.79 Å². The molecule has 0 spiro atoms. The Morgan fingerprint density at radius 2 is 1.14 bits per heavy atom. The number of carbonyl (C=O) groups is 1. The van der Waals surface area contributed by atoms with Crippen LogP contribution in [0.1, 0.15) is 94.9 Å². The first kappa shape index (κ1) is 36.2. The summed E-state index contributed by atoms with van der Waals surface area (Å²) in [5.74, 6) is 0.0853. The molecule has 234 valence electrons. The van der Waals surface area contributed by atoms with Gasteiger partial charge in [0, 0.05) is 5.41 Å². The normalized spacial score (nSPS) is 27.7. The minimum atomic E-state index is -0.532. The summed E-state index contributed by atoms with van der Waals surface area (Å²) >= 11 is 0. The van der Waals surface area contributed by atoms with Crippen LogP contribution in [0.5, 0.6) is 0 Å². The highest BCUT2D eigenvalue weighted by Gasteiger charge is 2.52. The summed E-state index contributed by atoms with van der Waals surface area (Å²) in [6.45, 7) is 20.9. The third-order valence-corrected chi connectivity index (χ3v) is 9.18. The Labute approximate surface area is 262 Å². The van der Waals surface area contributed by atoms with E-state index in [1.807, 2.05) is 50.3 Å². The highest BCUT2D eigenvalue weighted by molar-refractivity contribution is 5.95. The number of aliphatic hydroxyl groups excluding tert-OH is 2. The van der Waals surface area contributed by atoms with Gasteiger partial charge >= 0.3 is 0 Å². The molecule has 0 aromatic carbocycles. The maximum absolute atomic E-state index is 12.9. The van der Waals surface area contributed by atoms with Crippen molar-refractivity contribution in [1.29, 1.82) is 0 Å². The molecule has 43 heavy (non-hydrogen) atoms. The molecule has 1 fully saturated rings. The standard InChI is InChI=1S/C40H56O3/c1-29(17-13-19-31(3)21-23-36-33(5)25-34(41)26-38(36,6)7)15-11-12-16-30(2)18-14-20-32(4)22-24-37(43)40(10)28-35(42)27-39(40,8)9/h11-24,34-35,41-42H,25-28H2,1-10H3/b12-11-,17-13-,18-14-,23-21-,24-22-,29-15-,30-16-,31-19-,32-20-/t34-,35+,40+/m1/s1. The topological polar surface area (TPSA) is 57.5 Å². The van der Waals surface area contributed by atoms with E-state index >= 15 is 0 Å². The van der Waals surface area contributed by atoms with Gasteiger partial charge in [-0.2, -0.15) is 0 Å². The zero-order valence-corrected chi connectivity index (χ0v) is 28.4. The van der Waals surface area contributed by atoms with Crippen molar-refractivity contribution in [2.24, 2.45) is 16.2 Å². The highest BCUT2D eigenvalue weighted by atomic mass is 16.3. The van der Waals surface area contributed by atoms with Crippen molar-refractivity contribution in [2.75, 3.05) is 0 Å². The van der Waals surface area contributed by atoms with E-state index in [1.54, 1.807) is 6.08 Å². The lowest BCUT2D eigenvalue weighted by atomic mass is 9.66. The van der Waals surface area contributed by atoms with Gasteiger partial charge in [0.05, 0.1) is 12.2 Å². The molecule has 2 aliphatic rings. The summed E-state index contributed by atoms with van der Waals surface area (Å²) in [5.41, 5.74) is 6.34. The molecule has 0 aromatic rings. The molecule has 2 aliphatic carbocycles. The fourth-order valence-corrected chi connectivity index (χ4v) is 6.19. The van der Waals surface area contributed by atoms with E-state index in [0.29, 0.717) is 12.8 Å². The average Bonchev–Trinajstić information content (AvgIpc) is 3.10. The molecule has 2 rings (SSSR count). The zero-order valence-electron chi connectivity index (χ0n) is 28.4. The molecule has 0 saturated heterocycles. The first-order valence-electron chi connectivity index (χ1n) is 15.7. The number of hydrogen-bond acceptors (Lipinski definition) is 3. The highest BCUT2D eigenvalue weighted by Crippen LogP contribution is 2.53. The largest absolute Gasteiger partial charge is 0.393 e. The molecule has 0 amide bonds. The number of ketones is 1. The summed E-state index contributed by atoms with van der Waals surface area (Å²) in [6.07, 6.45) is 30.6. The minimum absolute atomic E-state index is 0.00528. The Bertz CT molecular complexity index is 1310. The second-order valence-corrected chi connectivity index (χ2v) is 14.2. The Morgan fingerprint density at radius 1 is 0.651 bits per heavy atom. The predicted octanol–water partition coefficient (Wildman–Crippen LogP) is 9.81. The fraction of sp³-hybridized carbons (Fsp3) is 0.475. The molecule has 0 bridgehead atoms. The number of hydrogen-bond donors (Lipinski definition) is 2. The molecular weight excluding hydrogens is 528 g/mol. The van der Waals surface area contributed by atoms with Crippen LogP contribution in [-0.4, -0.2) is 28.2 Å². The lowest BCUT2D eigenvalue weighted by molar-refractivity contribution is -0.127. The van der Waals surface area contributed by atoms with Gasteiger partial charge in [0.25, 0.3) is 0 Å². The fourth-order valence-electron chi connectivity index (χ4n) is 6.19. The Kier molecular flexibility index (Phi) is 13.2. The van der Waals surface area contributed by atoms with E-state index in [4.69, 9.17) is 0 Å². The quantitative estimate of drug-likeness (QED) is 0.188. The first-order chi connectivity index (χ1) is 20.0. The van der Waals surface area contributed by atoms with Gasteiger partial charge in [-0.05, 0) is 82.8 Å². The van der Waals surface area contributed by atoms with Gasteiger partial charge in [-0.1, -0.05) is 141 Å². The van der Waals surface area contributed by atoms with E-state index in [9.17, 15) is 15.0 Å². The minimum Gasteiger partial charge on any atom is -0.393 e. The van der Waals surface area contributed by atoms with Crippen molar-refractivity contribution in [1.82, 2.24) is 0 Å². The van der Waals surface area contributed by atoms with Crippen LogP contribution in [0.15, 0.2) is 119 Å². The smallest absolute Gasteiger partial charge is 0.162 e. The molecule has 1 saturated carbocycles. The lowest BCUT2D eigenvalue weighted by Gasteiger charge is -2.35. The van der Waals surface area contributed by atoms with E-state index in [2.05, 4.69) is 97.9 Å². The summed E-state index contributed by atoms with van der Waals surface area (Å²) in [4.78, 5) is 12.9. The van der Waals surface area contributed by atoms with Crippen molar-refractivity contribution in [3.63, 3.8) is 0 Å². The molecule has 3 heteroatoms. The van der Waals surface area contributed by atoms with Gasteiger partial charge in [0.2, 0.25) is 0 Å². The lowest BCUT2D eigenvalue weighted by Crippen LogP contribution is -2.36. The third kappa shape index (κ3) is 10.9. The van der Waals surface area contributed by atoms with E-state index in [-0.39, 0.29) is 22.7 Å². The van der Waals surface area contributed by atoms with Crippen LogP contribution in [0.2, 0.25) is 0 Å². The summed E-state index contributed by atoms with van der Waals surface area (Å²) < 4.78 is 0. The van der Waals surface area contributed by atoms with Crippen LogP contribution in [0, 0.1) is 16.2 Å². The second-order valence-electron chi connectivity index (χ2n) is 14.2. The van der Waals surface area contributed by atoms with E-state index < -0.39 is 11.5 Å². The molecule has 0 heterocycles. The van der Waals surface area contributed by atoms with Gasteiger partial charge in [0.1, 0.15) is 0 Å². The Balaban J connectivity index is 1.89.